The zero-order valence-electron chi connectivity index (χ0n) is 21.0. The van der Waals surface area contributed by atoms with Crippen LogP contribution >= 0.6 is 0 Å². The second kappa shape index (κ2) is 11.0. The highest BCUT2D eigenvalue weighted by atomic mass is 19.4. The van der Waals surface area contributed by atoms with Crippen LogP contribution in [0.15, 0.2) is 54.9 Å². The van der Waals surface area contributed by atoms with Crippen molar-refractivity contribution in [2.45, 2.75) is 33.0 Å². The van der Waals surface area contributed by atoms with Crippen molar-refractivity contribution in [1.29, 1.82) is 0 Å². The molecule has 0 spiro atoms. The lowest BCUT2D eigenvalue weighted by Crippen LogP contribution is -2.53. The maximum absolute atomic E-state index is 13.1. The van der Waals surface area contributed by atoms with Crippen LogP contribution in [0.3, 0.4) is 0 Å². The van der Waals surface area contributed by atoms with Gasteiger partial charge >= 0.3 is 12.2 Å². The van der Waals surface area contributed by atoms with Crippen molar-refractivity contribution in [2.75, 3.05) is 35.2 Å². The first-order valence-corrected chi connectivity index (χ1v) is 11.9. The Bertz CT molecular complexity index is 1320. The van der Waals surface area contributed by atoms with Crippen molar-refractivity contribution in [3.8, 4) is 11.6 Å². The third kappa shape index (κ3) is 6.50. The molecule has 1 unspecified atom stereocenters. The summed E-state index contributed by atoms with van der Waals surface area (Å²) in [5.74, 6) is 1.52. The first kappa shape index (κ1) is 26.7. The van der Waals surface area contributed by atoms with E-state index in [1.165, 1.54) is 25.4 Å². The summed E-state index contributed by atoms with van der Waals surface area (Å²) in [6.45, 7) is 6.78. The van der Waals surface area contributed by atoms with E-state index >= 15 is 0 Å². The number of rotatable bonds is 5. The second-order valence-electron chi connectivity index (χ2n) is 8.95. The molecule has 9 nitrogen and oxygen atoms in total. The Hall–Kier alpha value is -4.35. The van der Waals surface area contributed by atoms with Gasteiger partial charge in [-0.2, -0.15) is 13.2 Å². The Morgan fingerprint density at radius 1 is 1.00 bits per heavy atom. The molecule has 1 aliphatic rings. The van der Waals surface area contributed by atoms with Crippen LogP contribution in [0.4, 0.5) is 35.2 Å². The fourth-order valence-electron chi connectivity index (χ4n) is 4.15. The number of nitrogens with zero attached hydrogens (tertiary/aromatic N) is 4. The molecule has 1 fully saturated rings. The average molecular weight is 529 g/mol. The van der Waals surface area contributed by atoms with Gasteiger partial charge in [0.1, 0.15) is 17.9 Å². The third-order valence-electron chi connectivity index (χ3n) is 6.13. The first-order chi connectivity index (χ1) is 18.0. The average Bonchev–Trinajstić information content (AvgIpc) is 2.86. The lowest BCUT2D eigenvalue weighted by atomic mass is 10.1. The minimum absolute atomic E-state index is 0.0250. The van der Waals surface area contributed by atoms with Gasteiger partial charge < -0.3 is 25.2 Å². The summed E-state index contributed by atoms with van der Waals surface area (Å²) in [5.41, 5.74) is -0.298. The van der Waals surface area contributed by atoms with Gasteiger partial charge in [0.2, 0.25) is 11.8 Å². The number of hydrogen-bond donors (Lipinski definition) is 2. The fourth-order valence-corrected chi connectivity index (χ4v) is 4.15. The lowest BCUT2D eigenvalue weighted by Gasteiger charge is -2.40. The Morgan fingerprint density at radius 3 is 2.34 bits per heavy atom. The van der Waals surface area contributed by atoms with Crippen LogP contribution in [0.25, 0.3) is 0 Å². The number of nitrogens with one attached hydrogen (secondary N) is 2. The number of benzene rings is 2. The summed E-state index contributed by atoms with van der Waals surface area (Å²) in [6, 6.07) is 11.1. The highest BCUT2D eigenvalue weighted by Crippen LogP contribution is 2.33. The molecule has 0 aliphatic carbocycles. The molecule has 0 bridgehead atoms. The van der Waals surface area contributed by atoms with Crippen LogP contribution in [0.5, 0.6) is 11.6 Å². The van der Waals surface area contributed by atoms with Crippen LogP contribution in [0.2, 0.25) is 0 Å². The molecule has 1 aliphatic heterocycles. The normalized spacial score (nSPS) is 15.7. The number of alkyl halides is 3. The van der Waals surface area contributed by atoms with Crippen molar-refractivity contribution >= 4 is 29.1 Å². The van der Waals surface area contributed by atoms with Gasteiger partial charge in [0.05, 0.1) is 5.56 Å². The van der Waals surface area contributed by atoms with Crippen molar-refractivity contribution in [1.82, 2.24) is 14.9 Å². The summed E-state index contributed by atoms with van der Waals surface area (Å²) in [5, 5.41) is 4.99. The molecule has 1 atom stereocenters. The molecular weight excluding hydrogens is 501 g/mol. The zero-order valence-corrected chi connectivity index (χ0v) is 21.0. The molecule has 1 aromatic heterocycles. The molecule has 2 aromatic carbocycles. The number of piperazine rings is 1. The van der Waals surface area contributed by atoms with E-state index < -0.39 is 17.8 Å². The van der Waals surface area contributed by atoms with Crippen LogP contribution in [0.1, 0.15) is 25.0 Å². The Balaban J connectivity index is 1.36. The minimum atomic E-state index is -4.51. The van der Waals surface area contributed by atoms with Crippen molar-refractivity contribution in [3.63, 3.8) is 0 Å². The van der Waals surface area contributed by atoms with Gasteiger partial charge in [-0.3, -0.25) is 4.79 Å². The standard InChI is InChI=1S/C26H27F3N6O3/c1-16-4-5-20(12-22(16)26(27,28)29)33-25(37)32-19-6-8-21(9-7-19)38-24-13-23(30-15-31-24)35-11-10-34(18(3)36)14-17(35)2/h4-9,12-13,15,17H,10-11,14H2,1-3H3,(H2,32,33,37). The number of anilines is 3. The zero-order chi connectivity index (χ0) is 27.4. The first-order valence-electron chi connectivity index (χ1n) is 11.9. The summed E-state index contributed by atoms with van der Waals surface area (Å²) in [4.78, 5) is 36.4. The van der Waals surface area contributed by atoms with E-state index in [0.29, 0.717) is 42.8 Å². The molecule has 3 aromatic rings. The third-order valence-corrected chi connectivity index (χ3v) is 6.13. The van der Waals surface area contributed by atoms with E-state index in [1.807, 2.05) is 6.92 Å². The summed E-state index contributed by atoms with van der Waals surface area (Å²) in [6.07, 6.45) is -3.11. The number of carbonyl (C=O) groups is 2. The summed E-state index contributed by atoms with van der Waals surface area (Å²) in [7, 11) is 0. The van der Waals surface area contributed by atoms with Crippen LogP contribution < -0.4 is 20.3 Å². The molecule has 1 saturated heterocycles. The molecule has 0 saturated carbocycles. The minimum Gasteiger partial charge on any atom is -0.439 e. The van der Waals surface area contributed by atoms with Crippen LogP contribution in [-0.4, -0.2) is 52.5 Å². The Morgan fingerprint density at radius 2 is 1.68 bits per heavy atom. The predicted molar refractivity (Wildman–Crippen MR) is 136 cm³/mol. The largest absolute Gasteiger partial charge is 0.439 e. The molecule has 3 amide bonds. The van der Waals surface area contributed by atoms with E-state index in [1.54, 1.807) is 42.2 Å². The van der Waals surface area contributed by atoms with Crippen molar-refractivity contribution < 1.29 is 27.5 Å². The monoisotopic (exact) mass is 528 g/mol. The van der Waals surface area contributed by atoms with E-state index in [-0.39, 0.29) is 23.2 Å². The second-order valence-corrected chi connectivity index (χ2v) is 8.95. The summed E-state index contributed by atoms with van der Waals surface area (Å²) < 4.78 is 45.2. The van der Waals surface area contributed by atoms with Gasteiger partial charge in [-0.05, 0) is 55.8 Å². The quantitative estimate of drug-likeness (QED) is 0.467. The topological polar surface area (TPSA) is 99.7 Å². The number of urea groups is 1. The van der Waals surface area contributed by atoms with Gasteiger partial charge in [0.15, 0.2) is 0 Å². The Kier molecular flexibility index (Phi) is 7.70. The molecular formula is C26H27F3N6O3. The molecule has 2 heterocycles. The van der Waals surface area contributed by atoms with Crippen molar-refractivity contribution in [3.05, 3.63) is 66.0 Å². The number of aryl methyl sites for hydroxylation is 1. The fraction of sp³-hybridized carbons (Fsp3) is 0.308. The number of aromatic nitrogens is 2. The molecule has 200 valence electrons. The number of carbonyl (C=O) groups excluding carboxylic acids is 2. The highest BCUT2D eigenvalue weighted by molar-refractivity contribution is 5.99. The number of amides is 3. The van der Waals surface area contributed by atoms with Crippen LogP contribution in [-0.2, 0) is 11.0 Å². The molecule has 4 rings (SSSR count). The van der Waals surface area contributed by atoms with E-state index in [2.05, 4.69) is 25.5 Å². The van der Waals surface area contributed by atoms with E-state index in [4.69, 9.17) is 4.74 Å². The SMILES string of the molecule is CC(=O)N1CCN(c2cc(Oc3ccc(NC(=O)Nc4ccc(C)c(C(F)(F)F)c4)cc3)ncn2)C(C)C1. The molecule has 2 N–H and O–H groups in total. The number of halogens is 3. The van der Waals surface area contributed by atoms with Gasteiger partial charge in [0, 0.05) is 50.0 Å². The van der Waals surface area contributed by atoms with Gasteiger partial charge in [0.25, 0.3) is 0 Å². The van der Waals surface area contributed by atoms with Crippen molar-refractivity contribution in [2.24, 2.45) is 0 Å². The molecule has 12 heteroatoms. The Labute approximate surface area is 217 Å². The predicted octanol–water partition coefficient (Wildman–Crippen LogP) is 5.30. The smallest absolute Gasteiger partial charge is 0.416 e. The van der Waals surface area contributed by atoms with Crippen LogP contribution in [0, 0.1) is 6.92 Å². The molecule has 0 radical (unpaired) electrons. The van der Waals surface area contributed by atoms with E-state index in [9.17, 15) is 22.8 Å². The number of hydrogen-bond acceptors (Lipinski definition) is 6. The van der Waals surface area contributed by atoms with Gasteiger partial charge in [-0.15, -0.1) is 0 Å². The maximum Gasteiger partial charge on any atom is 0.416 e. The van der Waals surface area contributed by atoms with E-state index in [0.717, 1.165) is 6.07 Å². The maximum atomic E-state index is 13.1. The highest BCUT2D eigenvalue weighted by Gasteiger charge is 2.32. The molecule has 38 heavy (non-hydrogen) atoms. The van der Waals surface area contributed by atoms with Gasteiger partial charge in [-0.1, -0.05) is 6.07 Å². The van der Waals surface area contributed by atoms with Gasteiger partial charge in [-0.25, -0.2) is 14.8 Å². The number of ether oxygens (including phenoxy) is 1. The lowest BCUT2D eigenvalue weighted by molar-refractivity contribution is -0.138. The summed E-state index contributed by atoms with van der Waals surface area (Å²) >= 11 is 0.